The van der Waals surface area contributed by atoms with Crippen molar-refractivity contribution in [3.63, 3.8) is 0 Å². The first-order valence-corrected chi connectivity index (χ1v) is 7.79. The molecule has 1 saturated heterocycles. The molecule has 0 spiro atoms. The average Bonchev–Trinajstić information content (AvgIpc) is 3.23. The van der Waals surface area contributed by atoms with Crippen molar-refractivity contribution in [1.82, 2.24) is 25.0 Å². The van der Waals surface area contributed by atoms with Crippen LogP contribution in [0.2, 0.25) is 0 Å². The fraction of sp³-hybridized carbons (Fsp3) is 0.375. The molecule has 1 N–H and O–H groups in total. The third-order valence-corrected chi connectivity index (χ3v) is 4.35. The van der Waals surface area contributed by atoms with Gasteiger partial charge in [-0.15, -0.1) is 0 Å². The number of amides is 1. The Labute approximate surface area is 132 Å². The van der Waals surface area contributed by atoms with Crippen LogP contribution in [0.3, 0.4) is 0 Å². The summed E-state index contributed by atoms with van der Waals surface area (Å²) in [7, 11) is 0. The number of fused-ring (bicyclic) bond motifs is 1. The summed E-state index contributed by atoms with van der Waals surface area (Å²) in [6.07, 6.45) is 2.96. The third-order valence-electron chi connectivity index (χ3n) is 4.35. The number of carbonyl (C=O) groups excluding carboxylic acids is 1. The first-order valence-electron chi connectivity index (χ1n) is 7.79. The van der Waals surface area contributed by atoms with Crippen LogP contribution in [0.5, 0.6) is 0 Å². The summed E-state index contributed by atoms with van der Waals surface area (Å²) in [6, 6.07) is 5.82. The van der Waals surface area contributed by atoms with E-state index >= 15 is 0 Å². The molecule has 0 radical (unpaired) electrons. The Bertz CT molecular complexity index is 853. The lowest BCUT2D eigenvalue weighted by Gasteiger charge is -2.29. The number of aromatic amines is 1. The van der Waals surface area contributed by atoms with E-state index < -0.39 is 0 Å². The Kier molecular flexibility index (Phi) is 3.33. The molecule has 2 aromatic heterocycles. The lowest BCUT2D eigenvalue weighted by atomic mass is 9.97. The van der Waals surface area contributed by atoms with Crippen LogP contribution in [0.15, 0.2) is 29.0 Å². The van der Waals surface area contributed by atoms with Gasteiger partial charge in [0.2, 0.25) is 17.6 Å². The molecule has 0 aliphatic carbocycles. The molecule has 0 bridgehead atoms. The van der Waals surface area contributed by atoms with Crippen molar-refractivity contribution in [2.75, 3.05) is 13.1 Å². The number of aromatic nitrogens is 4. The van der Waals surface area contributed by atoms with Crippen molar-refractivity contribution in [2.24, 2.45) is 0 Å². The third kappa shape index (κ3) is 2.48. The second kappa shape index (κ2) is 5.49. The maximum atomic E-state index is 11.8. The molecule has 1 amide bonds. The SMILES string of the molecule is CCN1C[C@@H](c2nc(-c3ccc4nc[nH]c4c3)no2)CCC1=O. The highest BCUT2D eigenvalue weighted by Crippen LogP contribution is 2.28. The molecule has 23 heavy (non-hydrogen) atoms. The van der Waals surface area contributed by atoms with Gasteiger partial charge in [-0.1, -0.05) is 5.16 Å². The van der Waals surface area contributed by atoms with Gasteiger partial charge in [-0.05, 0) is 31.5 Å². The topological polar surface area (TPSA) is 87.9 Å². The molecule has 0 saturated carbocycles. The van der Waals surface area contributed by atoms with Gasteiger partial charge in [0.25, 0.3) is 0 Å². The number of piperidine rings is 1. The van der Waals surface area contributed by atoms with Crippen LogP contribution in [-0.4, -0.2) is 44.0 Å². The summed E-state index contributed by atoms with van der Waals surface area (Å²) in [4.78, 5) is 25.4. The van der Waals surface area contributed by atoms with Crippen LogP contribution in [0.4, 0.5) is 0 Å². The molecule has 3 heterocycles. The summed E-state index contributed by atoms with van der Waals surface area (Å²) in [5.41, 5.74) is 2.73. The number of H-pyrrole nitrogens is 1. The highest BCUT2D eigenvalue weighted by atomic mass is 16.5. The van der Waals surface area contributed by atoms with E-state index in [-0.39, 0.29) is 11.8 Å². The van der Waals surface area contributed by atoms with Crippen LogP contribution in [-0.2, 0) is 4.79 Å². The van der Waals surface area contributed by atoms with Crippen molar-refractivity contribution in [3.8, 4) is 11.4 Å². The summed E-state index contributed by atoms with van der Waals surface area (Å²) in [5.74, 6) is 1.49. The Morgan fingerprint density at radius 3 is 3.22 bits per heavy atom. The van der Waals surface area contributed by atoms with Gasteiger partial charge in [-0.3, -0.25) is 4.79 Å². The number of benzene rings is 1. The van der Waals surface area contributed by atoms with Gasteiger partial charge in [0.15, 0.2) is 0 Å². The van der Waals surface area contributed by atoms with Gasteiger partial charge in [0, 0.05) is 25.1 Å². The molecule has 1 aromatic carbocycles. The predicted molar refractivity (Wildman–Crippen MR) is 83.6 cm³/mol. The standard InChI is InChI=1S/C16H17N5O2/c1-2-21-8-11(4-6-14(21)22)16-19-15(20-23-16)10-3-5-12-13(7-10)18-9-17-12/h3,5,7,9,11H,2,4,6,8H2,1H3,(H,17,18)/t11-/m0/s1. The lowest BCUT2D eigenvalue weighted by Crippen LogP contribution is -2.38. The number of imidazole rings is 1. The normalized spacial score (nSPS) is 18.7. The minimum Gasteiger partial charge on any atom is -0.345 e. The van der Waals surface area contributed by atoms with Crippen LogP contribution < -0.4 is 0 Å². The average molecular weight is 311 g/mol. The first-order chi connectivity index (χ1) is 11.2. The van der Waals surface area contributed by atoms with E-state index in [4.69, 9.17) is 4.52 Å². The molecule has 3 aromatic rings. The minimum absolute atomic E-state index is 0.116. The van der Waals surface area contributed by atoms with Gasteiger partial charge >= 0.3 is 0 Å². The molecular formula is C16H17N5O2. The molecule has 0 unspecified atom stereocenters. The second-order valence-corrected chi connectivity index (χ2v) is 5.76. The molecular weight excluding hydrogens is 294 g/mol. The maximum Gasteiger partial charge on any atom is 0.231 e. The number of rotatable bonds is 3. The van der Waals surface area contributed by atoms with Crippen LogP contribution in [0.1, 0.15) is 31.6 Å². The van der Waals surface area contributed by atoms with Crippen molar-refractivity contribution < 1.29 is 9.32 Å². The summed E-state index contributed by atoms with van der Waals surface area (Å²) >= 11 is 0. The first kappa shape index (κ1) is 13.9. The number of carbonyl (C=O) groups is 1. The van der Waals surface area contributed by atoms with Crippen LogP contribution in [0, 0.1) is 0 Å². The van der Waals surface area contributed by atoms with E-state index in [0.29, 0.717) is 31.2 Å². The van der Waals surface area contributed by atoms with Crippen molar-refractivity contribution in [3.05, 3.63) is 30.4 Å². The van der Waals surface area contributed by atoms with E-state index in [2.05, 4.69) is 20.1 Å². The Hall–Kier alpha value is -2.70. The summed E-state index contributed by atoms with van der Waals surface area (Å²) < 4.78 is 5.46. The molecule has 7 heteroatoms. The second-order valence-electron chi connectivity index (χ2n) is 5.76. The van der Waals surface area contributed by atoms with Crippen LogP contribution in [0.25, 0.3) is 22.4 Å². The zero-order chi connectivity index (χ0) is 15.8. The van der Waals surface area contributed by atoms with Gasteiger partial charge in [0.1, 0.15) is 0 Å². The fourth-order valence-corrected chi connectivity index (χ4v) is 3.01. The lowest BCUT2D eigenvalue weighted by molar-refractivity contribution is -0.133. The quantitative estimate of drug-likeness (QED) is 0.802. The summed E-state index contributed by atoms with van der Waals surface area (Å²) in [6.45, 7) is 3.35. The minimum atomic E-state index is 0.116. The molecule has 1 aliphatic heterocycles. The zero-order valence-corrected chi connectivity index (χ0v) is 12.8. The van der Waals surface area contributed by atoms with E-state index in [0.717, 1.165) is 23.0 Å². The fourth-order valence-electron chi connectivity index (χ4n) is 3.01. The monoisotopic (exact) mass is 311 g/mol. The Balaban J connectivity index is 1.60. The number of hydrogen-bond acceptors (Lipinski definition) is 5. The van der Waals surface area contributed by atoms with Crippen molar-refractivity contribution >= 4 is 16.9 Å². The van der Waals surface area contributed by atoms with Gasteiger partial charge < -0.3 is 14.4 Å². The van der Waals surface area contributed by atoms with Crippen LogP contribution >= 0.6 is 0 Å². The number of likely N-dealkylation sites (N-methyl/N-ethyl adjacent to an activating group) is 1. The molecule has 1 fully saturated rings. The molecule has 1 aliphatic rings. The van der Waals surface area contributed by atoms with E-state index in [1.165, 1.54) is 0 Å². The van der Waals surface area contributed by atoms with Gasteiger partial charge in [0.05, 0.1) is 23.3 Å². The molecule has 7 nitrogen and oxygen atoms in total. The number of nitrogens with one attached hydrogen (secondary N) is 1. The Morgan fingerprint density at radius 1 is 1.43 bits per heavy atom. The number of nitrogens with zero attached hydrogens (tertiary/aromatic N) is 4. The van der Waals surface area contributed by atoms with E-state index in [9.17, 15) is 4.79 Å². The highest BCUT2D eigenvalue weighted by Gasteiger charge is 2.29. The molecule has 118 valence electrons. The number of hydrogen-bond donors (Lipinski definition) is 1. The molecule has 4 rings (SSSR count). The predicted octanol–water partition coefficient (Wildman–Crippen LogP) is 2.34. The maximum absolute atomic E-state index is 11.8. The smallest absolute Gasteiger partial charge is 0.231 e. The highest BCUT2D eigenvalue weighted by molar-refractivity contribution is 5.80. The summed E-state index contributed by atoms with van der Waals surface area (Å²) in [5, 5.41) is 4.10. The zero-order valence-electron chi connectivity index (χ0n) is 12.8. The number of likely N-dealkylation sites (tertiary alicyclic amines) is 1. The van der Waals surface area contributed by atoms with Crippen molar-refractivity contribution in [2.45, 2.75) is 25.7 Å². The largest absolute Gasteiger partial charge is 0.345 e. The van der Waals surface area contributed by atoms with Gasteiger partial charge in [-0.2, -0.15) is 4.98 Å². The molecule has 1 atom stereocenters. The Morgan fingerprint density at radius 2 is 2.35 bits per heavy atom. The van der Waals surface area contributed by atoms with Crippen molar-refractivity contribution in [1.29, 1.82) is 0 Å². The van der Waals surface area contributed by atoms with E-state index in [1.807, 2.05) is 30.0 Å². The van der Waals surface area contributed by atoms with Gasteiger partial charge in [-0.25, -0.2) is 4.98 Å². The van der Waals surface area contributed by atoms with E-state index in [1.54, 1.807) is 6.33 Å².